The zero-order valence-electron chi connectivity index (χ0n) is 38.5. The van der Waals surface area contributed by atoms with E-state index >= 15 is 0 Å². The first-order valence-corrected chi connectivity index (χ1v) is 24.4. The smallest absolute Gasteiger partial charge is 0.164 e. The monoisotopic (exact) mass is 913 g/mol. The second kappa shape index (κ2) is 16.8. The minimum atomic E-state index is -0.155. The first-order chi connectivity index (χ1) is 34.4. The fourth-order valence-electron chi connectivity index (χ4n) is 10.3. The van der Waals surface area contributed by atoms with E-state index in [1.54, 1.807) is 0 Å². The fourth-order valence-corrected chi connectivity index (χ4v) is 11.7. The first kappa shape index (κ1) is 41.5. The van der Waals surface area contributed by atoms with Crippen LogP contribution in [-0.2, 0) is 5.41 Å². The molecule has 0 fully saturated rings. The molecule has 0 spiro atoms. The molecule has 0 bridgehead atoms. The lowest BCUT2D eigenvalue weighted by Gasteiger charge is -2.21. The summed E-state index contributed by atoms with van der Waals surface area (Å²) < 4.78 is 2.50. The summed E-state index contributed by atoms with van der Waals surface area (Å²) in [6.07, 6.45) is 7.50. The Labute approximate surface area is 410 Å². The van der Waals surface area contributed by atoms with Gasteiger partial charge in [0.25, 0.3) is 0 Å². The lowest BCUT2D eigenvalue weighted by molar-refractivity contribution is 0.660. The summed E-state index contributed by atoms with van der Waals surface area (Å²) in [6.45, 7) is 4.62. The van der Waals surface area contributed by atoms with Gasteiger partial charge in [-0.25, -0.2) is 15.0 Å². The van der Waals surface area contributed by atoms with Gasteiger partial charge < -0.3 is 0 Å². The molecule has 1 aliphatic carbocycles. The molecule has 0 unspecified atom stereocenters. The van der Waals surface area contributed by atoms with Gasteiger partial charge >= 0.3 is 0 Å². The Bertz CT molecular complexity index is 3880. The number of hydrogen-bond donors (Lipinski definition) is 0. The van der Waals surface area contributed by atoms with Crippen LogP contribution in [0.1, 0.15) is 25.0 Å². The number of benzene rings is 8. The van der Waals surface area contributed by atoms with Crippen molar-refractivity contribution in [1.82, 2.24) is 24.9 Å². The van der Waals surface area contributed by atoms with Crippen LogP contribution in [0.3, 0.4) is 0 Å². The van der Waals surface area contributed by atoms with Gasteiger partial charge in [0, 0.05) is 78.2 Å². The molecule has 12 aromatic rings. The number of nitrogens with zero attached hydrogens (tertiary/aromatic N) is 5. The zero-order chi connectivity index (χ0) is 46.8. The predicted molar refractivity (Wildman–Crippen MR) is 289 cm³/mol. The highest BCUT2D eigenvalue weighted by Crippen LogP contribution is 2.50. The molecule has 13 rings (SSSR count). The molecule has 0 atom stereocenters. The van der Waals surface area contributed by atoms with E-state index in [9.17, 15) is 0 Å². The maximum absolute atomic E-state index is 5.23. The highest BCUT2D eigenvalue weighted by Gasteiger charge is 2.35. The number of pyridine rings is 2. The molecule has 0 saturated carbocycles. The molecule has 0 amide bonds. The molecular formula is C64H43N5S. The number of rotatable bonds is 8. The molecule has 0 saturated heterocycles. The van der Waals surface area contributed by atoms with E-state index in [4.69, 9.17) is 15.0 Å². The number of aromatic nitrogens is 5. The molecular weight excluding hydrogens is 871 g/mol. The molecule has 6 heteroatoms. The maximum atomic E-state index is 5.23. The summed E-state index contributed by atoms with van der Waals surface area (Å²) in [5, 5.41) is 2.48. The van der Waals surface area contributed by atoms with E-state index in [2.05, 4.69) is 206 Å². The Kier molecular flexibility index (Phi) is 9.96. The lowest BCUT2D eigenvalue weighted by atomic mass is 9.82. The van der Waals surface area contributed by atoms with Gasteiger partial charge in [0.1, 0.15) is 0 Å². The third kappa shape index (κ3) is 7.20. The first-order valence-electron chi connectivity index (χ1n) is 23.6. The van der Waals surface area contributed by atoms with E-state index < -0.39 is 0 Å². The Balaban J connectivity index is 0.899. The summed E-state index contributed by atoms with van der Waals surface area (Å²) >= 11 is 1.85. The Hall–Kier alpha value is -8.71. The van der Waals surface area contributed by atoms with Gasteiger partial charge in [0.15, 0.2) is 17.5 Å². The second-order valence-corrected chi connectivity index (χ2v) is 19.5. The highest BCUT2D eigenvalue weighted by atomic mass is 32.1. The van der Waals surface area contributed by atoms with Gasteiger partial charge in [0.05, 0.1) is 0 Å². The van der Waals surface area contributed by atoms with E-state index in [1.807, 2.05) is 54.3 Å². The van der Waals surface area contributed by atoms with Crippen LogP contribution in [0, 0.1) is 0 Å². The third-order valence-corrected chi connectivity index (χ3v) is 15.2. The summed E-state index contributed by atoms with van der Waals surface area (Å²) in [6, 6.07) is 71.5. The van der Waals surface area contributed by atoms with Crippen LogP contribution in [0.5, 0.6) is 0 Å². The predicted octanol–water partition coefficient (Wildman–Crippen LogP) is 16.7. The van der Waals surface area contributed by atoms with Gasteiger partial charge in [0.2, 0.25) is 0 Å². The molecule has 1 aliphatic rings. The standard InChI is InChI=1S/C64H43N5S/c1-64(2)57-21-7-6-16-53(57)54-31-30-45(37-58(54)64)63-68-61(43-26-22-41(23-27-43)40-12-4-3-5-13-40)67-62(69-63)44-28-24-42(25-29-44)51-17-8-19-55-56-20-9-18-52(60(56)70-59(51)55)50-35-48(46-14-10-32-65-38-46)34-49(36-50)47-15-11-33-66-39-47/h3-39H,1-2H3. The topological polar surface area (TPSA) is 64.5 Å². The summed E-state index contributed by atoms with van der Waals surface area (Å²) in [7, 11) is 0. The summed E-state index contributed by atoms with van der Waals surface area (Å²) in [5.74, 6) is 1.91. The molecule has 0 N–H and O–H groups in total. The van der Waals surface area contributed by atoms with Crippen molar-refractivity contribution in [2.24, 2.45) is 0 Å². The molecule has 5 nitrogen and oxygen atoms in total. The largest absolute Gasteiger partial charge is 0.264 e. The van der Waals surface area contributed by atoms with Gasteiger partial charge in [-0.3, -0.25) is 9.97 Å². The lowest BCUT2D eigenvalue weighted by Crippen LogP contribution is -2.15. The highest BCUT2D eigenvalue weighted by molar-refractivity contribution is 7.26. The van der Waals surface area contributed by atoms with Crippen molar-refractivity contribution in [2.45, 2.75) is 19.3 Å². The Morgan fingerprint density at radius 1 is 0.314 bits per heavy atom. The molecule has 8 aromatic carbocycles. The average molecular weight is 914 g/mol. The van der Waals surface area contributed by atoms with Crippen molar-refractivity contribution < 1.29 is 0 Å². The van der Waals surface area contributed by atoms with Crippen LogP contribution in [0.2, 0.25) is 0 Å². The third-order valence-electron chi connectivity index (χ3n) is 13.9. The van der Waals surface area contributed by atoms with Crippen molar-refractivity contribution in [1.29, 1.82) is 0 Å². The van der Waals surface area contributed by atoms with Crippen molar-refractivity contribution in [3.63, 3.8) is 0 Å². The average Bonchev–Trinajstić information content (AvgIpc) is 3.93. The van der Waals surface area contributed by atoms with Gasteiger partial charge in [-0.15, -0.1) is 11.3 Å². The molecule has 0 aliphatic heterocycles. The second-order valence-electron chi connectivity index (χ2n) is 18.5. The number of thiophene rings is 1. The SMILES string of the molecule is CC1(C)c2ccccc2-c2ccc(-c3nc(-c4ccc(-c5ccccc5)cc4)nc(-c4ccc(-c5cccc6c5sc5c(-c7cc(-c8cccnc8)cc(-c8cccnc8)c7)cccc56)cc4)n3)cc21. The summed E-state index contributed by atoms with van der Waals surface area (Å²) in [4.78, 5) is 24.5. The molecule has 70 heavy (non-hydrogen) atoms. The Morgan fingerprint density at radius 3 is 1.37 bits per heavy atom. The van der Waals surface area contributed by atoms with Crippen LogP contribution in [0.15, 0.2) is 225 Å². The zero-order valence-corrected chi connectivity index (χ0v) is 39.3. The van der Waals surface area contributed by atoms with Crippen molar-refractivity contribution in [3.8, 4) is 101 Å². The van der Waals surface area contributed by atoms with E-state index in [0.717, 1.165) is 55.6 Å². The minimum Gasteiger partial charge on any atom is -0.264 e. The van der Waals surface area contributed by atoms with E-state index in [0.29, 0.717) is 17.5 Å². The normalized spacial score (nSPS) is 12.5. The molecule has 0 radical (unpaired) electrons. The molecule has 4 aromatic heterocycles. The van der Waals surface area contributed by atoms with Crippen LogP contribution in [0.25, 0.3) is 121 Å². The van der Waals surface area contributed by atoms with Crippen molar-refractivity contribution in [3.05, 3.63) is 236 Å². The van der Waals surface area contributed by atoms with Gasteiger partial charge in [-0.05, 0) is 103 Å². The van der Waals surface area contributed by atoms with Crippen LogP contribution in [-0.4, -0.2) is 24.9 Å². The van der Waals surface area contributed by atoms with Crippen LogP contribution < -0.4 is 0 Å². The van der Waals surface area contributed by atoms with Crippen LogP contribution in [0.4, 0.5) is 0 Å². The summed E-state index contributed by atoms with van der Waals surface area (Å²) in [5.41, 5.74) is 19.2. The minimum absolute atomic E-state index is 0.155. The van der Waals surface area contributed by atoms with Crippen molar-refractivity contribution in [2.75, 3.05) is 0 Å². The fraction of sp³-hybridized carbons (Fsp3) is 0.0469. The van der Waals surface area contributed by atoms with E-state index in [-0.39, 0.29) is 5.41 Å². The maximum Gasteiger partial charge on any atom is 0.164 e. The molecule has 330 valence electrons. The Morgan fingerprint density at radius 2 is 0.771 bits per heavy atom. The number of hydrogen-bond acceptors (Lipinski definition) is 6. The van der Waals surface area contributed by atoms with E-state index in [1.165, 1.54) is 59.1 Å². The molecule has 4 heterocycles. The number of fused-ring (bicyclic) bond motifs is 6. The van der Waals surface area contributed by atoms with Crippen molar-refractivity contribution >= 4 is 31.5 Å². The van der Waals surface area contributed by atoms with Gasteiger partial charge in [-0.2, -0.15) is 0 Å². The quantitative estimate of drug-likeness (QED) is 0.152. The van der Waals surface area contributed by atoms with Gasteiger partial charge in [-0.1, -0.05) is 178 Å². The van der Waals surface area contributed by atoms with Crippen LogP contribution >= 0.6 is 11.3 Å².